The van der Waals surface area contributed by atoms with Crippen molar-refractivity contribution >= 4 is 23.4 Å². The van der Waals surface area contributed by atoms with Crippen LogP contribution in [0, 0.1) is 6.92 Å². The normalized spacial score (nSPS) is 11.9. The van der Waals surface area contributed by atoms with Crippen LogP contribution in [0.15, 0.2) is 18.2 Å². The van der Waals surface area contributed by atoms with Crippen LogP contribution in [0.4, 0.5) is 0 Å². The van der Waals surface area contributed by atoms with Crippen molar-refractivity contribution < 1.29 is 9.59 Å². The van der Waals surface area contributed by atoms with Crippen molar-refractivity contribution in [2.24, 2.45) is 5.73 Å². The number of hydrogen-bond donors (Lipinski definition) is 2. The van der Waals surface area contributed by atoms with E-state index in [0.29, 0.717) is 17.0 Å². The Bertz CT molecular complexity index is 446. The zero-order valence-corrected chi connectivity index (χ0v) is 10.5. The van der Waals surface area contributed by atoms with Gasteiger partial charge >= 0.3 is 0 Å². The Hall–Kier alpha value is -1.55. The number of nitrogens with one attached hydrogen (secondary N) is 1. The molecule has 5 heteroatoms. The lowest BCUT2D eigenvalue weighted by molar-refractivity contribution is -0.119. The Kier molecular flexibility index (Phi) is 4.52. The van der Waals surface area contributed by atoms with E-state index in [0.717, 1.165) is 5.56 Å². The number of carbonyl (C=O) groups is 2. The van der Waals surface area contributed by atoms with Crippen LogP contribution < -0.4 is 11.1 Å². The molecule has 17 heavy (non-hydrogen) atoms. The third-order valence-electron chi connectivity index (χ3n) is 2.49. The van der Waals surface area contributed by atoms with Gasteiger partial charge in [-0.2, -0.15) is 0 Å². The first kappa shape index (κ1) is 13.5. The van der Waals surface area contributed by atoms with Gasteiger partial charge in [-0.3, -0.25) is 9.59 Å². The van der Waals surface area contributed by atoms with E-state index in [1.54, 1.807) is 25.1 Å². The molecule has 4 nitrogen and oxygen atoms in total. The Labute approximate surface area is 105 Å². The predicted octanol–water partition coefficient (Wildman–Crippen LogP) is 1.64. The quantitative estimate of drug-likeness (QED) is 0.857. The van der Waals surface area contributed by atoms with Crippen molar-refractivity contribution in [1.29, 1.82) is 0 Å². The van der Waals surface area contributed by atoms with Crippen LogP contribution >= 0.6 is 11.6 Å². The van der Waals surface area contributed by atoms with Crippen LogP contribution in [-0.2, 0) is 4.79 Å². The fourth-order valence-electron chi connectivity index (χ4n) is 1.35. The summed E-state index contributed by atoms with van der Waals surface area (Å²) < 4.78 is 0. The van der Waals surface area contributed by atoms with Gasteiger partial charge < -0.3 is 11.1 Å². The monoisotopic (exact) mass is 254 g/mol. The Morgan fingerprint density at radius 3 is 2.59 bits per heavy atom. The molecule has 92 valence electrons. The fraction of sp³-hybridized carbons (Fsp3) is 0.333. The average Bonchev–Trinajstić information content (AvgIpc) is 2.28. The molecule has 1 unspecified atom stereocenters. The summed E-state index contributed by atoms with van der Waals surface area (Å²) in [6.45, 7) is 3.63. The zero-order valence-electron chi connectivity index (χ0n) is 9.79. The molecule has 1 aromatic rings. The topological polar surface area (TPSA) is 72.2 Å². The van der Waals surface area contributed by atoms with E-state index >= 15 is 0 Å². The highest BCUT2D eigenvalue weighted by Gasteiger charge is 2.16. The summed E-state index contributed by atoms with van der Waals surface area (Å²) in [5, 5.41) is 3.08. The lowest BCUT2D eigenvalue weighted by atomic mass is 10.1. The molecule has 0 aliphatic rings. The molecule has 0 radical (unpaired) electrons. The summed E-state index contributed by atoms with van der Waals surface area (Å²) in [4.78, 5) is 22.8. The molecule has 2 amide bonds. The van der Waals surface area contributed by atoms with E-state index in [1.807, 2.05) is 6.92 Å². The lowest BCUT2D eigenvalue weighted by Gasteiger charge is -2.13. The van der Waals surface area contributed by atoms with E-state index in [9.17, 15) is 9.59 Å². The predicted molar refractivity (Wildman–Crippen MR) is 66.9 cm³/mol. The van der Waals surface area contributed by atoms with Crippen molar-refractivity contribution in [3.05, 3.63) is 34.3 Å². The van der Waals surface area contributed by atoms with Crippen molar-refractivity contribution in [2.45, 2.75) is 26.3 Å². The van der Waals surface area contributed by atoms with Gasteiger partial charge in [0.2, 0.25) is 5.91 Å². The molecule has 0 spiro atoms. The number of rotatable bonds is 4. The molecule has 0 aromatic heterocycles. The first-order valence-corrected chi connectivity index (χ1v) is 5.69. The number of primary amides is 1. The molecule has 0 fully saturated rings. The number of carbonyl (C=O) groups excluding carboxylic acids is 2. The molecule has 0 saturated carbocycles. The molecular formula is C12H15ClN2O2. The molecular weight excluding hydrogens is 240 g/mol. The van der Waals surface area contributed by atoms with Crippen molar-refractivity contribution in [2.75, 3.05) is 0 Å². The highest BCUT2D eigenvalue weighted by atomic mass is 35.5. The molecule has 1 atom stereocenters. The van der Waals surface area contributed by atoms with Crippen LogP contribution in [0.1, 0.15) is 29.3 Å². The first-order chi connectivity index (χ1) is 7.95. The number of nitrogens with two attached hydrogens (primary N) is 1. The molecule has 0 saturated heterocycles. The average molecular weight is 255 g/mol. The summed E-state index contributed by atoms with van der Waals surface area (Å²) in [6, 6.07) is 4.33. The smallest absolute Gasteiger partial charge is 0.251 e. The minimum Gasteiger partial charge on any atom is -0.368 e. The maximum absolute atomic E-state index is 11.8. The van der Waals surface area contributed by atoms with Crippen LogP contribution in [0.25, 0.3) is 0 Å². The molecule has 3 N–H and O–H groups in total. The van der Waals surface area contributed by atoms with Gasteiger partial charge in [-0.1, -0.05) is 24.6 Å². The van der Waals surface area contributed by atoms with Gasteiger partial charge in [-0.25, -0.2) is 0 Å². The van der Waals surface area contributed by atoms with Crippen molar-refractivity contribution in [1.82, 2.24) is 5.32 Å². The molecule has 0 bridgehead atoms. The van der Waals surface area contributed by atoms with Crippen LogP contribution in [-0.4, -0.2) is 17.9 Å². The number of benzene rings is 1. The van der Waals surface area contributed by atoms with E-state index in [2.05, 4.69) is 5.32 Å². The largest absolute Gasteiger partial charge is 0.368 e. The van der Waals surface area contributed by atoms with Gasteiger partial charge in [-0.15, -0.1) is 0 Å². The Morgan fingerprint density at radius 1 is 1.47 bits per heavy atom. The fourth-order valence-corrected chi connectivity index (χ4v) is 1.53. The number of halogens is 1. The summed E-state index contributed by atoms with van der Waals surface area (Å²) in [7, 11) is 0. The number of hydrogen-bond acceptors (Lipinski definition) is 2. The van der Waals surface area contributed by atoms with Gasteiger partial charge in [0.15, 0.2) is 0 Å². The first-order valence-electron chi connectivity index (χ1n) is 5.32. The van der Waals surface area contributed by atoms with Gasteiger partial charge in [0.25, 0.3) is 5.91 Å². The summed E-state index contributed by atoms with van der Waals surface area (Å²) in [5.41, 5.74) is 6.46. The van der Waals surface area contributed by atoms with Crippen LogP contribution in [0.2, 0.25) is 5.02 Å². The molecule has 1 aromatic carbocycles. The SMILES string of the molecule is CCC(NC(=O)c1ccc(C)c(Cl)c1)C(N)=O. The minimum absolute atomic E-state index is 0.349. The van der Waals surface area contributed by atoms with Crippen LogP contribution in [0.5, 0.6) is 0 Å². The zero-order chi connectivity index (χ0) is 13.0. The third-order valence-corrected chi connectivity index (χ3v) is 2.90. The van der Waals surface area contributed by atoms with Gasteiger partial charge in [0.1, 0.15) is 6.04 Å². The van der Waals surface area contributed by atoms with E-state index in [1.165, 1.54) is 0 Å². The van der Waals surface area contributed by atoms with Crippen molar-refractivity contribution in [3.8, 4) is 0 Å². The minimum atomic E-state index is -0.650. The van der Waals surface area contributed by atoms with Crippen molar-refractivity contribution in [3.63, 3.8) is 0 Å². The summed E-state index contributed by atoms with van der Waals surface area (Å²) in [5.74, 6) is -0.892. The standard InChI is InChI=1S/C12H15ClN2O2/c1-3-10(11(14)16)15-12(17)8-5-4-7(2)9(13)6-8/h4-6,10H,3H2,1-2H3,(H2,14,16)(H,15,17). The highest BCUT2D eigenvalue weighted by molar-refractivity contribution is 6.31. The summed E-state index contributed by atoms with van der Waals surface area (Å²) in [6.07, 6.45) is 0.459. The third kappa shape index (κ3) is 3.46. The lowest BCUT2D eigenvalue weighted by Crippen LogP contribution is -2.43. The van der Waals surface area contributed by atoms with E-state index in [4.69, 9.17) is 17.3 Å². The van der Waals surface area contributed by atoms with E-state index in [-0.39, 0.29) is 5.91 Å². The number of aryl methyl sites for hydroxylation is 1. The molecule has 0 aliphatic carbocycles. The van der Waals surface area contributed by atoms with Gasteiger partial charge in [0.05, 0.1) is 0 Å². The van der Waals surface area contributed by atoms with E-state index < -0.39 is 11.9 Å². The van der Waals surface area contributed by atoms with Crippen LogP contribution in [0.3, 0.4) is 0 Å². The Morgan fingerprint density at radius 2 is 2.12 bits per heavy atom. The number of amides is 2. The molecule has 0 heterocycles. The highest BCUT2D eigenvalue weighted by Crippen LogP contribution is 2.16. The molecule has 1 rings (SSSR count). The maximum Gasteiger partial charge on any atom is 0.251 e. The second-order valence-corrected chi connectivity index (χ2v) is 4.21. The van der Waals surface area contributed by atoms with Gasteiger partial charge in [0, 0.05) is 10.6 Å². The van der Waals surface area contributed by atoms with Gasteiger partial charge in [-0.05, 0) is 31.0 Å². The summed E-state index contributed by atoms with van der Waals surface area (Å²) >= 11 is 5.92. The Balaban J connectivity index is 2.82. The maximum atomic E-state index is 11.8. The second kappa shape index (κ2) is 5.68. The second-order valence-electron chi connectivity index (χ2n) is 3.80. The molecule has 0 aliphatic heterocycles.